The van der Waals surface area contributed by atoms with Crippen LogP contribution >= 0.6 is 0 Å². The lowest BCUT2D eigenvalue weighted by atomic mass is 9.83. The molecule has 0 unspecified atom stereocenters. The fourth-order valence-electron chi connectivity index (χ4n) is 9.01. The van der Waals surface area contributed by atoms with Gasteiger partial charge in [0.2, 0.25) is 0 Å². The van der Waals surface area contributed by atoms with Crippen LogP contribution in [0.15, 0.2) is 191 Å². The zero-order valence-corrected chi connectivity index (χ0v) is 29.1. The van der Waals surface area contributed by atoms with E-state index in [-0.39, 0.29) is 0 Å². The average Bonchev–Trinajstić information content (AvgIpc) is 3.79. The molecule has 0 atom stereocenters. The van der Waals surface area contributed by atoms with Crippen molar-refractivity contribution in [2.24, 2.45) is 0 Å². The first-order valence-electron chi connectivity index (χ1n) is 18.5. The van der Waals surface area contributed by atoms with E-state index in [1.165, 1.54) is 59.8 Å². The molecule has 0 fully saturated rings. The van der Waals surface area contributed by atoms with Crippen LogP contribution in [-0.2, 0) is 0 Å². The molecule has 0 radical (unpaired) electrons. The van der Waals surface area contributed by atoms with Crippen molar-refractivity contribution in [2.45, 2.75) is 0 Å². The number of fused-ring (bicyclic) bond motifs is 10. The Morgan fingerprint density at radius 1 is 0.259 bits per heavy atom. The number of rotatable bonds is 3. The van der Waals surface area contributed by atoms with Crippen LogP contribution in [0, 0.1) is 0 Å². The summed E-state index contributed by atoms with van der Waals surface area (Å²) >= 11 is 0. The van der Waals surface area contributed by atoms with Gasteiger partial charge in [0, 0.05) is 21.5 Å². The first-order valence-corrected chi connectivity index (χ1v) is 18.5. The van der Waals surface area contributed by atoms with Gasteiger partial charge in [-0.05, 0) is 119 Å². The number of para-hydroxylation sites is 1. The van der Waals surface area contributed by atoms with E-state index in [1.54, 1.807) is 0 Å². The van der Waals surface area contributed by atoms with Gasteiger partial charge in [0.1, 0.15) is 22.3 Å². The minimum absolute atomic E-state index is 0.872. The highest BCUT2D eigenvalue weighted by Crippen LogP contribution is 2.49. The molecule has 0 aliphatic carbocycles. The molecule has 0 saturated heterocycles. The summed E-state index contributed by atoms with van der Waals surface area (Å²) in [7, 11) is 0. The smallest absolute Gasteiger partial charge is 0.136 e. The molecule has 2 aromatic heterocycles. The molecular formula is C52H30O2. The molecule has 12 rings (SSSR count). The molecule has 10 aromatic carbocycles. The zero-order valence-electron chi connectivity index (χ0n) is 29.1. The van der Waals surface area contributed by atoms with Crippen molar-refractivity contribution in [3.63, 3.8) is 0 Å². The van der Waals surface area contributed by atoms with Crippen molar-refractivity contribution >= 4 is 87.0 Å². The van der Waals surface area contributed by atoms with Gasteiger partial charge >= 0.3 is 0 Å². The molecule has 2 nitrogen and oxygen atoms in total. The van der Waals surface area contributed by atoms with Crippen molar-refractivity contribution in [1.82, 2.24) is 0 Å². The van der Waals surface area contributed by atoms with Crippen molar-refractivity contribution in [2.75, 3.05) is 0 Å². The Morgan fingerprint density at radius 2 is 0.815 bits per heavy atom. The van der Waals surface area contributed by atoms with E-state index < -0.39 is 0 Å². The van der Waals surface area contributed by atoms with Crippen LogP contribution in [0.3, 0.4) is 0 Å². The van der Waals surface area contributed by atoms with Crippen molar-refractivity contribution in [3.05, 3.63) is 182 Å². The van der Waals surface area contributed by atoms with Crippen LogP contribution in [0.1, 0.15) is 0 Å². The Labute approximate surface area is 310 Å². The van der Waals surface area contributed by atoms with E-state index in [0.717, 1.165) is 60.6 Å². The highest BCUT2D eigenvalue weighted by Gasteiger charge is 2.23. The second-order valence-corrected chi connectivity index (χ2v) is 14.4. The molecule has 250 valence electrons. The largest absolute Gasteiger partial charge is 0.456 e. The topological polar surface area (TPSA) is 26.3 Å². The van der Waals surface area contributed by atoms with Gasteiger partial charge in [-0.1, -0.05) is 140 Å². The van der Waals surface area contributed by atoms with E-state index in [1.807, 2.05) is 12.1 Å². The van der Waals surface area contributed by atoms with Crippen LogP contribution in [0.5, 0.6) is 0 Å². The Hall–Kier alpha value is -7.16. The fourth-order valence-corrected chi connectivity index (χ4v) is 9.01. The number of hydrogen-bond donors (Lipinski definition) is 0. The predicted molar refractivity (Wildman–Crippen MR) is 227 cm³/mol. The average molecular weight is 687 g/mol. The van der Waals surface area contributed by atoms with Crippen LogP contribution in [-0.4, -0.2) is 0 Å². The lowest BCUT2D eigenvalue weighted by Gasteiger charge is -2.20. The molecule has 0 spiro atoms. The third-order valence-electron chi connectivity index (χ3n) is 11.4. The highest BCUT2D eigenvalue weighted by atomic mass is 16.3. The fraction of sp³-hybridized carbons (Fsp3) is 0. The number of furan rings is 2. The Kier molecular flexibility index (Phi) is 6.09. The lowest BCUT2D eigenvalue weighted by Crippen LogP contribution is -1.92. The summed E-state index contributed by atoms with van der Waals surface area (Å²) in [5.74, 6) is 0. The van der Waals surface area contributed by atoms with Gasteiger partial charge in [-0.2, -0.15) is 0 Å². The van der Waals surface area contributed by atoms with E-state index in [0.29, 0.717) is 0 Å². The molecule has 0 N–H and O–H groups in total. The molecule has 0 aliphatic heterocycles. The van der Waals surface area contributed by atoms with E-state index in [2.05, 4.69) is 170 Å². The predicted octanol–water partition coefficient (Wildman–Crippen LogP) is 15.1. The zero-order chi connectivity index (χ0) is 35.3. The molecule has 0 saturated carbocycles. The summed E-state index contributed by atoms with van der Waals surface area (Å²) in [6, 6.07) is 65.7. The summed E-state index contributed by atoms with van der Waals surface area (Å²) in [6.45, 7) is 0. The van der Waals surface area contributed by atoms with E-state index in [9.17, 15) is 0 Å². The Morgan fingerprint density at radius 3 is 1.56 bits per heavy atom. The summed E-state index contributed by atoms with van der Waals surface area (Å²) in [6.07, 6.45) is 0. The van der Waals surface area contributed by atoms with Crippen molar-refractivity contribution in [3.8, 4) is 33.4 Å². The van der Waals surface area contributed by atoms with Gasteiger partial charge in [0.15, 0.2) is 0 Å². The molecule has 2 heteroatoms. The molecule has 0 bridgehead atoms. The Bertz CT molecular complexity index is 3440. The van der Waals surface area contributed by atoms with E-state index >= 15 is 0 Å². The van der Waals surface area contributed by atoms with E-state index in [4.69, 9.17) is 8.83 Å². The molecule has 54 heavy (non-hydrogen) atoms. The van der Waals surface area contributed by atoms with Gasteiger partial charge in [0.05, 0.1) is 0 Å². The van der Waals surface area contributed by atoms with Gasteiger partial charge < -0.3 is 8.83 Å². The van der Waals surface area contributed by atoms with Crippen molar-refractivity contribution in [1.29, 1.82) is 0 Å². The standard InChI is InChI=1S/C52H30O2/c1-2-14-33-29-48-44(27-32(33)13-1)52-45(28-35(30-49(52)54-48)34-24-25-47-43(26-34)37-17-9-10-23-46(37)53-47)51-41-20-7-5-18-39(41)50(40-19-6-8-21-42(40)51)38-22-11-15-31-12-3-4-16-36(31)38/h1-30H. The SMILES string of the molecule is c1ccc2cc3c(cc2c1)oc1cc(-c2ccc4oc5ccccc5c4c2)cc(-c2c4ccccc4c(-c4cccc5ccccc45)c4ccccc24)c13. The maximum Gasteiger partial charge on any atom is 0.136 e. The monoisotopic (exact) mass is 686 g/mol. The summed E-state index contributed by atoms with van der Waals surface area (Å²) in [4.78, 5) is 0. The van der Waals surface area contributed by atoms with Gasteiger partial charge in [0.25, 0.3) is 0 Å². The summed E-state index contributed by atoms with van der Waals surface area (Å²) in [5.41, 5.74) is 10.6. The van der Waals surface area contributed by atoms with Crippen LogP contribution in [0.2, 0.25) is 0 Å². The third kappa shape index (κ3) is 4.22. The first kappa shape index (κ1) is 29.4. The molecular weight excluding hydrogens is 657 g/mol. The Balaban J connectivity index is 1.23. The van der Waals surface area contributed by atoms with Gasteiger partial charge in [-0.3, -0.25) is 0 Å². The maximum absolute atomic E-state index is 6.87. The molecule has 12 aromatic rings. The molecule has 2 heterocycles. The van der Waals surface area contributed by atoms with Crippen molar-refractivity contribution < 1.29 is 8.83 Å². The van der Waals surface area contributed by atoms with Gasteiger partial charge in [-0.25, -0.2) is 0 Å². The van der Waals surface area contributed by atoms with Crippen LogP contribution in [0.4, 0.5) is 0 Å². The van der Waals surface area contributed by atoms with Gasteiger partial charge in [-0.15, -0.1) is 0 Å². The number of benzene rings is 10. The molecule has 0 amide bonds. The second kappa shape index (κ2) is 11.2. The normalized spacial score (nSPS) is 12.1. The minimum Gasteiger partial charge on any atom is -0.456 e. The second-order valence-electron chi connectivity index (χ2n) is 14.4. The highest BCUT2D eigenvalue weighted by molar-refractivity contribution is 6.28. The first-order chi connectivity index (χ1) is 26.8. The lowest BCUT2D eigenvalue weighted by molar-refractivity contribution is 0.669. The van der Waals surface area contributed by atoms with Crippen LogP contribution in [0.25, 0.3) is 120 Å². The third-order valence-corrected chi connectivity index (χ3v) is 11.4. The molecule has 0 aliphatic rings. The quantitative estimate of drug-likeness (QED) is 0.173. The number of hydrogen-bond acceptors (Lipinski definition) is 2. The summed E-state index contributed by atoms with van der Waals surface area (Å²) in [5, 5.41) is 14.2. The summed E-state index contributed by atoms with van der Waals surface area (Å²) < 4.78 is 13.1. The van der Waals surface area contributed by atoms with Crippen LogP contribution < -0.4 is 0 Å². The minimum atomic E-state index is 0.872. The maximum atomic E-state index is 6.87.